The van der Waals surface area contributed by atoms with E-state index in [0.717, 1.165) is 6.42 Å². The molecular weight excluding hydrogens is 266 g/mol. The zero-order chi connectivity index (χ0) is 14.8. The van der Waals surface area contributed by atoms with Crippen LogP contribution in [0.3, 0.4) is 0 Å². The summed E-state index contributed by atoms with van der Waals surface area (Å²) in [6, 6.07) is 11.1. The molecule has 0 fully saturated rings. The molecule has 2 aromatic heterocycles. The van der Waals surface area contributed by atoms with E-state index in [2.05, 4.69) is 17.2 Å². The van der Waals surface area contributed by atoms with Gasteiger partial charge in [0.25, 0.3) is 5.91 Å². The third-order valence-corrected chi connectivity index (χ3v) is 3.31. The number of hydrogen-bond acceptors (Lipinski definition) is 4. The summed E-state index contributed by atoms with van der Waals surface area (Å²) >= 11 is 0. The van der Waals surface area contributed by atoms with Crippen LogP contribution in [0.2, 0.25) is 0 Å². The minimum absolute atomic E-state index is 0.0864. The third-order valence-electron chi connectivity index (χ3n) is 3.31. The van der Waals surface area contributed by atoms with Crippen LogP contribution in [0.15, 0.2) is 47.0 Å². The van der Waals surface area contributed by atoms with Crippen molar-refractivity contribution in [1.29, 1.82) is 0 Å². The maximum Gasteiger partial charge on any atom is 0.293 e. The molecule has 0 saturated heterocycles. The number of aromatic nitrogens is 1. The molecule has 106 valence electrons. The van der Waals surface area contributed by atoms with Gasteiger partial charge in [-0.2, -0.15) is 0 Å². The number of rotatable bonds is 3. The van der Waals surface area contributed by atoms with Gasteiger partial charge in [0.05, 0.1) is 0 Å². The monoisotopic (exact) mass is 281 g/mol. The normalized spacial score (nSPS) is 10.7. The zero-order valence-electron chi connectivity index (χ0n) is 11.6. The number of furan rings is 1. The van der Waals surface area contributed by atoms with Crippen LogP contribution in [-0.4, -0.2) is 10.9 Å². The van der Waals surface area contributed by atoms with Crippen LogP contribution in [0.4, 0.5) is 11.4 Å². The van der Waals surface area contributed by atoms with E-state index >= 15 is 0 Å². The number of nitrogens with two attached hydrogens (primary N) is 1. The highest BCUT2D eigenvalue weighted by atomic mass is 16.3. The molecule has 1 amide bonds. The quantitative estimate of drug-likeness (QED) is 0.772. The Balaban J connectivity index is 1.87. The fourth-order valence-electron chi connectivity index (χ4n) is 2.13. The Morgan fingerprint density at radius 2 is 2.05 bits per heavy atom. The van der Waals surface area contributed by atoms with E-state index in [4.69, 9.17) is 10.2 Å². The molecular formula is C16H15N3O2. The van der Waals surface area contributed by atoms with Crippen molar-refractivity contribution in [1.82, 2.24) is 4.98 Å². The second-order valence-electron chi connectivity index (χ2n) is 4.70. The second kappa shape index (κ2) is 5.28. The van der Waals surface area contributed by atoms with Crippen LogP contribution in [0.1, 0.15) is 23.0 Å². The number of nitrogens with zero attached hydrogens (tertiary/aromatic N) is 1. The number of nitrogen functional groups attached to an aromatic ring is 1. The van der Waals surface area contributed by atoms with Crippen LogP contribution in [0.25, 0.3) is 11.1 Å². The van der Waals surface area contributed by atoms with Crippen molar-refractivity contribution in [3.05, 3.63) is 53.9 Å². The van der Waals surface area contributed by atoms with Crippen LogP contribution in [-0.2, 0) is 6.42 Å². The van der Waals surface area contributed by atoms with Crippen LogP contribution in [0, 0.1) is 0 Å². The van der Waals surface area contributed by atoms with Gasteiger partial charge in [-0.05, 0) is 36.2 Å². The first-order valence-corrected chi connectivity index (χ1v) is 6.72. The summed E-state index contributed by atoms with van der Waals surface area (Å²) in [5, 5.41) is 2.77. The lowest BCUT2D eigenvalue weighted by Crippen LogP contribution is -2.12. The highest BCUT2D eigenvalue weighted by molar-refractivity contribution is 6.10. The molecule has 0 atom stereocenters. The first kappa shape index (κ1) is 13.2. The summed E-state index contributed by atoms with van der Waals surface area (Å²) in [5.74, 6) is -0.294. The number of aryl methyl sites for hydroxylation is 1. The molecule has 0 aliphatic heterocycles. The van der Waals surface area contributed by atoms with Crippen molar-refractivity contribution in [2.45, 2.75) is 13.3 Å². The average Bonchev–Trinajstić information content (AvgIpc) is 2.86. The van der Waals surface area contributed by atoms with Crippen molar-refractivity contribution in [2.75, 3.05) is 11.1 Å². The number of anilines is 2. The summed E-state index contributed by atoms with van der Waals surface area (Å²) in [5.41, 5.74) is 9.09. The highest BCUT2D eigenvalue weighted by Gasteiger charge is 2.19. The maximum absolute atomic E-state index is 12.2. The molecule has 3 aromatic rings. The van der Waals surface area contributed by atoms with E-state index in [0.29, 0.717) is 16.8 Å². The molecule has 0 spiro atoms. The van der Waals surface area contributed by atoms with Crippen molar-refractivity contribution < 1.29 is 9.21 Å². The minimum Gasteiger partial charge on any atom is -0.447 e. The molecule has 2 heterocycles. The van der Waals surface area contributed by atoms with Gasteiger partial charge in [-0.25, -0.2) is 0 Å². The number of hydrogen-bond donors (Lipinski definition) is 2. The molecule has 0 bridgehead atoms. The van der Waals surface area contributed by atoms with Gasteiger partial charge < -0.3 is 15.5 Å². The molecule has 0 aliphatic rings. The lowest BCUT2D eigenvalue weighted by Gasteiger charge is -2.04. The standard InChI is InChI=1S/C16H15N3O2/c1-2-10-5-7-11(8-6-10)19-16(20)15-13(17)14-12(21-15)4-3-9-18-14/h3-9H,2,17H2,1H3,(H,19,20). The van der Waals surface area contributed by atoms with Gasteiger partial charge in [-0.15, -0.1) is 0 Å². The van der Waals surface area contributed by atoms with Crippen LogP contribution < -0.4 is 11.1 Å². The summed E-state index contributed by atoms with van der Waals surface area (Å²) in [6.45, 7) is 2.08. The van der Waals surface area contributed by atoms with E-state index in [-0.39, 0.29) is 17.4 Å². The molecule has 5 heteroatoms. The van der Waals surface area contributed by atoms with Gasteiger partial charge in [-0.1, -0.05) is 19.1 Å². The SMILES string of the molecule is CCc1ccc(NC(=O)c2oc3cccnc3c2N)cc1. The van der Waals surface area contributed by atoms with Gasteiger partial charge in [-0.3, -0.25) is 9.78 Å². The van der Waals surface area contributed by atoms with Crippen molar-refractivity contribution in [3.63, 3.8) is 0 Å². The molecule has 0 unspecified atom stereocenters. The Kier molecular flexibility index (Phi) is 3.31. The van der Waals surface area contributed by atoms with Gasteiger partial charge >= 0.3 is 0 Å². The lowest BCUT2D eigenvalue weighted by molar-refractivity contribution is 0.1000. The zero-order valence-corrected chi connectivity index (χ0v) is 11.6. The van der Waals surface area contributed by atoms with Gasteiger partial charge in [0.2, 0.25) is 5.76 Å². The number of carbonyl (C=O) groups is 1. The molecule has 0 aliphatic carbocycles. The van der Waals surface area contributed by atoms with E-state index in [9.17, 15) is 4.79 Å². The van der Waals surface area contributed by atoms with Gasteiger partial charge in [0.15, 0.2) is 5.58 Å². The van der Waals surface area contributed by atoms with Gasteiger partial charge in [0, 0.05) is 11.9 Å². The number of fused-ring (bicyclic) bond motifs is 1. The Bertz CT molecular complexity index is 791. The minimum atomic E-state index is -0.380. The average molecular weight is 281 g/mol. The summed E-state index contributed by atoms with van der Waals surface area (Å²) in [4.78, 5) is 16.4. The molecule has 0 radical (unpaired) electrons. The summed E-state index contributed by atoms with van der Waals surface area (Å²) < 4.78 is 5.48. The Morgan fingerprint density at radius 1 is 1.29 bits per heavy atom. The smallest absolute Gasteiger partial charge is 0.293 e. The Labute approximate surface area is 121 Å². The van der Waals surface area contributed by atoms with Crippen molar-refractivity contribution in [2.24, 2.45) is 0 Å². The molecule has 3 N–H and O–H groups in total. The van der Waals surface area contributed by atoms with Crippen LogP contribution >= 0.6 is 0 Å². The summed E-state index contributed by atoms with van der Waals surface area (Å²) in [6.07, 6.45) is 2.57. The number of pyridine rings is 1. The third kappa shape index (κ3) is 2.45. The number of nitrogens with one attached hydrogen (secondary N) is 1. The fourth-order valence-corrected chi connectivity index (χ4v) is 2.13. The second-order valence-corrected chi connectivity index (χ2v) is 4.70. The predicted molar refractivity (Wildman–Crippen MR) is 82.2 cm³/mol. The molecule has 0 saturated carbocycles. The van der Waals surface area contributed by atoms with Gasteiger partial charge in [0.1, 0.15) is 11.2 Å². The Hall–Kier alpha value is -2.82. The maximum atomic E-state index is 12.2. The van der Waals surface area contributed by atoms with E-state index in [1.807, 2.05) is 24.3 Å². The molecule has 1 aromatic carbocycles. The Morgan fingerprint density at radius 3 is 2.71 bits per heavy atom. The lowest BCUT2D eigenvalue weighted by atomic mass is 10.1. The molecule has 5 nitrogen and oxygen atoms in total. The van der Waals surface area contributed by atoms with E-state index < -0.39 is 0 Å². The topological polar surface area (TPSA) is 81.2 Å². The first-order valence-electron chi connectivity index (χ1n) is 6.72. The van der Waals surface area contributed by atoms with Crippen molar-refractivity contribution in [3.8, 4) is 0 Å². The number of amides is 1. The predicted octanol–water partition coefficient (Wildman–Crippen LogP) is 3.22. The van der Waals surface area contributed by atoms with Crippen molar-refractivity contribution >= 4 is 28.4 Å². The first-order chi connectivity index (χ1) is 10.2. The van der Waals surface area contributed by atoms with E-state index in [1.54, 1.807) is 18.3 Å². The highest BCUT2D eigenvalue weighted by Crippen LogP contribution is 2.26. The number of benzene rings is 1. The molecule has 21 heavy (non-hydrogen) atoms. The fraction of sp³-hybridized carbons (Fsp3) is 0.125. The largest absolute Gasteiger partial charge is 0.447 e. The van der Waals surface area contributed by atoms with E-state index in [1.165, 1.54) is 5.56 Å². The van der Waals surface area contributed by atoms with Crippen LogP contribution in [0.5, 0.6) is 0 Å². The summed E-state index contributed by atoms with van der Waals surface area (Å²) in [7, 11) is 0. The molecule has 3 rings (SSSR count). The number of carbonyl (C=O) groups excluding carboxylic acids is 1.